The Hall–Kier alpha value is -2.20. The summed E-state index contributed by atoms with van der Waals surface area (Å²) in [7, 11) is 0. The van der Waals surface area contributed by atoms with E-state index < -0.39 is 0 Å². The van der Waals surface area contributed by atoms with E-state index in [1.807, 2.05) is 29.2 Å². The third kappa shape index (κ3) is 3.65. The monoisotopic (exact) mass is 352 g/mol. The van der Waals surface area contributed by atoms with Gasteiger partial charge >= 0.3 is 0 Å². The number of hydrogen-bond acceptors (Lipinski definition) is 2. The van der Waals surface area contributed by atoms with Gasteiger partial charge in [0.1, 0.15) is 5.82 Å². The summed E-state index contributed by atoms with van der Waals surface area (Å²) in [5, 5.41) is 0. The van der Waals surface area contributed by atoms with Gasteiger partial charge in [0.05, 0.1) is 6.54 Å². The van der Waals surface area contributed by atoms with E-state index in [-0.39, 0.29) is 17.8 Å². The van der Waals surface area contributed by atoms with Crippen LogP contribution in [0.2, 0.25) is 0 Å². The topological polar surface area (TPSA) is 23.6 Å². The molecular weight excluding hydrogens is 327 g/mol. The van der Waals surface area contributed by atoms with Crippen molar-refractivity contribution in [2.75, 3.05) is 11.4 Å². The zero-order chi connectivity index (χ0) is 18.1. The van der Waals surface area contributed by atoms with Crippen molar-refractivity contribution < 1.29 is 9.18 Å². The lowest BCUT2D eigenvalue weighted by molar-refractivity contribution is -0.120. The maximum absolute atomic E-state index is 13.2. The summed E-state index contributed by atoms with van der Waals surface area (Å²) in [5.41, 5.74) is 3.38. The summed E-state index contributed by atoms with van der Waals surface area (Å²) in [6.07, 6.45) is 4.31. The Morgan fingerprint density at radius 2 is 1.85 bits per heavy atom. The number of hydrogen-bond donors (Lipinski definition) is 0. The number of nitrogens with zero attached hydrogens (tertiary/aromatic N) is 2. The highest BCUT2D eigenvalue weighted by molar-refractivity contribution is 5.96. The molecule has 0 spiro atoms. The van der Waals surface area contributed by atoms with Crippen LogP contribution in [0.3, 0.4) is 0 Å². The molecule has 0 saturated heterocycles. The zero-order valence-corrected chi connectivity index (χ0v) is 15.2. The first-order valence-electron chi connectivity index (χ1n) is 9.50. The molecule has 0 N–H and O–H groups in total. The molecule has 0 radical (unpaired) electrons. The summed E-state index contributed by atoms with van der Waals surface area (Å²) in [5.74, 6) is -0.0554. The number of carbonyl (C=O) groups is 1. The molecule has 1 unspecified atom stereocenters. The number of halogens is 1. The summed E-state index contributed by atoms with van der Waals surface area (Å²) < 4.78 is 13.2. The molecule has 4 heteroatoms. The molecule has 136 valence electrons. The van der Waals surface area contributed by atoms with Crippen molar-refractivity contribution in [2.45, 2.75) is 51.2 Å². The van der Waals surface area contributed by atoms with Crippen molar-refractivity contribution in [3.63, 3.8) is 0 Å². The molecule has 1 amide bonds. The Morgan fingerprint density at radius 3 is 2.58 bits per heavy atom. The molecule has 2 aromatic carbocycles. The maximum atomic E-state index is 13.2. The number of aryl methyl sites for hydroxylation is 1. The Kier molecular flexibility index (Phi) is 4.77. The second-order valence-electron chi connectivity index (χ2n) is 7.54. The Bertz CT molecular complexity index is 785. The molecular formula is C22H25FN2O. The minimum atomic E-state index is -0.221. The molecule has 1 saturated carbocycles. The van der Waals surface area contributed by atoms with Crippen LogP contribution >= 0.6 is 0 Å². The lowest BCUT2D eigenvalue weighted by atomic mass is 9.96. The second kappa shape index (κ2) is 7.20. The minimum absolute atomic E-state index is 0.165. The summed E-state index contributed by atoms with van der Waals surface area (Å²) in [4.78, 5) is 17.4. The average molecular weight is 352 g/mol. The van der Waals surface area contributed by atoms with Gasteiger partial charge in [-0.1, -0.05) is 30.3 Å². The van der Waals surface area contributed by atoms with Crippen LogP contribution in [0.1, 0.15) is 37.3 Å². The van der Waals surface area contributed by atoms with Gasteiger partial charge in [-0.05, 0) is 61.9 Å². The van der Waals surface area contributed by atoms with Gasteiger partial charge in [-0.15, -0.1) is 0 Å². The smallest absolute Gasteiger partial charge is 0.241 e. The molecule has 26 heavy (non-hydrogen) atoms. The molecule has 2 aliphatic rings. The highest BCUT2D eigenvalue weighted by Crippen LogP contribution is 2.32. The molecule has 1 heterocycles. The Labute approximate surface area is 154 Å². The molecule has 1 aliphatic carbocycles. The van der Waals surface area contributed by atoms with Gasteiger partial charge in [0.25, 0.3) is 0 Å². The molecule has 0 aromatic heterocycles. The quantitative estimate of drug-likeness (QED) is 0.807. The molecule has 1 fully saturated rings. The number of carbonyl (C=O) groups excluding carboxylic acids is 1. The van der Waals surface area contributed by atoms with Gasteiger partial charge in [0.2, 0.25) is 5.91 Å². The van der Waals surface area contributed by atoms with Gasteiger partial charge in [0.15, 0.2) is 0 Å². The standard InChI is InChI=1S/C22H25FN2O/c1-16-6-9-18-4-2-3-5-21(18)25(16)22(26)15-24(20-12-13-20)14-17-7-10-19(23)11-8-17/h2-5,7-8,10-11,16,20H,6,9,12-15H2,1H3. The average Bonchev–Trinajstić information content (AvgIpc) is 3.48. The number of rotatable bonds is 5. The summed E-state index contributed by atoms with van der Waals surface area (Å²) in [6, 6.07) is 15.5. The van der Waals surface area contributed by atoms with E-state index in [0.717, 1.165) is 36.9 Å². The molecule has 4 rings (SSSR count). The van der Waals surface area contributed by atoms with Crippen LogP contribution in [-0.4, -0.2) is 29.4 Å². The van der Waals surface area contributed by atoms with Crippen LogP contribution < -0.4 is 4.90 Å². The van der Waals surface area contributed by atoms with Crippen LogP contribution in [0, 0.1) is 5.82 Å². The molecule has 0 bridgehead atoms. The van der Waals surface area contributed by atoms with Crippen molar-refractivity contribution >= 4 is 11.6 Å². The van der Waals surface area contributed by atoms with E-state index in [1.54, 1.807) is 0 Å². The van der Waals surface area contributed by atoms with E-state index in [2.05, 4.69) is 24.0 Å². The number of anilines is 1. The van der Waals surface area contributed by atoms with E-state index in [4.69, 9.17) is 0 Å². The van der Waals surface area contributed by atoms with E-state index in [0.29, 0.717) is 19.1 Å². The predicted molar refractivity (Wildman–Crippen MR) is 102 cm³/mol. The van der Waals surface area contributed by atoms with Gasteiger partial charge in [0, 0.05) is 24.3 Å². The first kappa shape index (κ1) is 17.2. The summed E-state index contributed by atoms with van der Waals surface area (Å²) >= 11 is 0. The highest BCUT2D eigenvalue weighted by atomic mass is 19.1. The number of benzene rings is 2. The van der Waals surface area contributed by atoms with Crippen LogP contribution in [0.4, 0.5) is 10.1 Å². The van der Waals surface area contributed by atoms with Crippen molar-refractivity contribution in [1.29, 1.82) is 0 Å². The minimum Gasteiger partial charge on any atom is -0.308 e. The fraction of sp³-hybridized carbons (Fsp3) is 0.409. The number of para-hydroxylation sites is 1. The predicted octanol–water partition coefficient (Wildman–Crippen LogP) is 4.16. The van der Waals surface area contributed by atoms with Gasteiger partial charge in [-0.25, -0.2) is 4.39 Å². The fourth-order valence-electron chi connectivity index (χ4n) is 3.90. The molecule has 1 atom stereocenters. The largest absolute Gasteiger partial charge is 0.308 e. The molecule has 1 aliphatic heterocycles. The molecule has 2 aromatic rings. The van der Waals surface area contributed by atoms with Gasteiger partial charge in [-0.3, -0.25) is 9.69 Å². The first-order valence-corrected chi connectivity index (χ1v) is 9.50. The van der Waals surface area contributed by atoms with Crippen molar-refractivity contribution in [3.05, 3.63) is 65.5 Å². The van der Waals surface area contributed by atoms with Crippen LogP contribution in [0.15, 0.2) is 48.5 Å². The Morgan fingerprint density at radius 1 is 1.12 bits per heavy atom. The van der Waals surface area contributed by atoms with Crippen molar-refractivity contribution in [1.82, 2.24) is 4.90 Å². The van der Waals surface area contributed by atoms with Gasteiger partial charge in [-0.2, -0.15) is 0 Å². The van der Waals surface area contributed by atoms with Crippen molar-refractivity contribution in [2.24, 2.45) is 0 Å². The third-order valence-electron chi connectivity index (χ3n) is 5.49. The second-order valence-corrected chi connectivity index (χ2v) is 7.54. The molecule has 3 nitrogen and oxygen atoms in total. The Balaban J connectivity index is 1.51. The van der Waals surface area contributed by atoms with Crippen molar-refractivity contribution in [3.8, 4) is 0 Å². The SMILES string of the molecule is CC1CCc2ccccc2N1C(=O)CN(Cc1ccc(F)cc1)C1CC1. The van der Waals surface area contributed by atoms with E-state index in [9.17, 15) is 9.18 Å². The lowest BCUT2D eigenvalue weighted by Crippen LogP contribution is -2.47. The normalized spacial score (nSPS) is 19.5. The maximum Gasteiger partial charge on any atom is 0.241 e. The number of fused-ring (bicyclic) bond motifs is 1. The van der Waals surface area contributed by atoms with Crippen LogP contribution in [0.5, 0.6) is 0 Å². The van der Waals surface area contributed by atoms with E-state index >= 15 is 0 Å². The first-order chi connectivity index (χ1) is 12.6. The van der Waals surface area contributed by atoms with Gasteiger partial charge < -0.3 is 4.90 Å². The third-order valence-corrected chi connectivity index (χ3v) is 5.49. The van der Waals surface area contributed by atoms with Crippen LogP contribution in [0.25, 0.3) is 0 Å². The summed E-state index contributed by atoms with van der Waals surface area (Å²) in [6.45, 7) is 3.25. The zero-order valence-electron chi connectivity index (χ0n) is 15.2. The van der Waals surface area contributed by atoms with Crippen LogP contribution in [-0.2, 0) is 17.8 Å². The fourth-order valence-corrected chi connectivity index (χ4v) is 3.90. The lowest BCUT2D eigenvalue weighted by Gasteiger charge is -2.36. The van der Waals surface area contributed by atoms with E-state index in [1.165, 1.54) is 17.7 Å². The highest BCUT2D eigenvalue weighted by Gasteiger charge is 2.34. The number of amides is 1.